The number of carboxylic acid groups (broad SMARTS) is 1. The van der Waals surface area contributed by atoms with Crippen molar-refractivity contribution < 1.29 is 23.8 Å². The zero-order chi connectivity index (χ0) is 20.4. The molecule has 2 atom stereocenters. The lowest BCUT2D eigenvalue weighted by Crippen LogP contribution is -2.44. The molecule has 1 fully saturated rings. The molecule has 29 heavy (non-hydrogen) atoms. The van der Waals surface area contributed by atoms with E-state index in [1.54, 1.807) is 17.0 Å². The SMILES string of the molecule is CC1CN(C(=O)c2ccc(COc3ccc4ccccc4c3)o2)CCC1C(=O)O. The molecular weight excluding hydrogens is 370 g/mol. The van der Waals surface area contributed by atoms with Crippen LogP contribution in [-0.4, -0.2) is 35.0 Å². The van der Waals surface area contributed by atoms with Crippen molar-refractivity contribution in [3.63, 3.8) is 0 Å². The number of hydrogen-bond acceptors (Lipinski definition) is 4. The predicted octanol–water partition coefficient (Wildman–Crippen LogP) is 4.19. The molecule has 1 N–H and O–H groups in total. The minimum absolute atomic E-state index is 0.0872. The lowest BCUT2D eigenvalue weighted by atomic mass is 9.87. The Morgan fingerprint density at radius 3 is 2.69 bits per heavy atom. The second-order valence-corrected chi connectivity index (χ2v) is 7.53. The minimum Gasteiger partial charge on any atom is -0.486 e. The van der Waals surface area contributed by atoms with Crippen LogP contribution in [-0.2, 0) is 11.4 Å². The lowest BCUT2D eigenvalue weighted by molar-refractivity contribution is -0.145. The summed E-state index contributed by atoms with van der Waals surface area (Å²) in [6, 6.07) is 17.3. The summed E-state index contributed by atoms with van der Waals surface area (Å²) in [5, 5.41) is 11.5. The Bertz CT molecular complexity index is 1040. The summed E-state index contributed by atoms with van der Waals surface area (Å²) in [6.45, 7) is 2.93. The van der Waals surface area contributed by atoms with Crippen LogP contribution in [0.4, 0.5) is 0 Å². The molecule has 6 nitrogen and oxygen atoms in total. The van der Waals surface area contributed by atoms with E-state index in [0.717, 1.165) is 16.5 Å². The van der Waals surface area contributed by atoms with E-state index in [4.69, 9.17) is 9.15 Å². The first-order chi connectivity index (χ1) is 14.0. The van der Waals surface area contributed by atoms with Gasteiger partial charge in [0.1, 0.15) is 18.1 Å². The van der Waals surface area contributed by atoms with Crippen molar-refractivity contribution in [1.29, 1.82) is 0 Å². The van der Waals surface area contributed by atoms with Crippen LogP contribution in [0.3, 0.4) is 0 Å². The molecule has 150 valence electrons. The Kier molecular flexibility index (Phi) is 5.25. The van der Waals surface area contributed by atoms with Gasteiger partial charge in [-0.15, -0.1) is 0 Å². The Labute approximate surface area is 168 Å². The molecule has 0 aliphatic carbocycles. The van der Waals surface area contributed by atoms with E-state index in [-0.39, 0.29) is 24.2 Å². The number of nitrogens with zero attached hydrogens (tertiary/aromatic N) is 1. The molecule has 1 saturated heterocycles. The number of carbonyl (C=O) groups is 2. The molecule has 0 radical (unpaired) electrons. The summed E-state index contributed by atoms with van der Waals surface area (Å²) >= 11 is 0. The molecule has 4 rings (SSSR count). The van der Waals surface area contributed by atoms with Gasteiger partial charge in [0, 0.05) is 13.1 Å². The monoisotopic (exact) mass is 393 g/mol. The minimum atomic E-state index is -0.796. The molecule has 1 amide bonds. The van der Waals surface area contributed by atoms with E-state index in [1.807, 2.05) is 49.4 Å². The highest BCUT2D eigenvalue weighted by Gasteiger charge is 2.34. The van der Waals surface area contributed by atoms with Crippen molar-refractivity contribution in [2.24, 2.45) is 11.8 Å². The Hall–Kier alpha value is -3.28. The van der Waals surface area contributed by atoms with E-state index in [0.29, 0.717) is 25.3 Å². The summed E-state index contributed by atoms with van der Waals surface area (Å²) in [4.78, 5) is 25.6. The highest BCUT2D eigenvalue weighted by molar-refractivity contribution is 5.91. The number of carbonyl (C=O) groups excluding carboxylic acids is 1. The number of aliphatic carboxylic acids is 1. The van der Waals surface area contributed by atoms with Gasteiger partial charge in [0.05, 0.1) is 5.92 Å². The fraction of sp³-hybridized carbons (Fsp3) is 0.304. The van der Waals surface area contributed by atoms with Crippen LogP contribution in [0, 0.1) is 11.8 Å². The van der Waals surface area contributed by atoms with Gasteiger partial charge in [0.25, 0.3) is 5.91 Å². The molecular formula is C23H23NO5. The normalized spacial score (nSPS) is 19.3. The van der Waals surface area contributed by atoms with Crippen molar-refractivity contribution in [2.75, 3.05) is 13.1 Å². The third kappa shape index (κ3) is 4.11. The number of likely N-dealkylation sites (tertiary alicyclic amines) is 1. The topological polar surface area (TPSA) is 80.0 Å². The Morgan fingerprint density at radius 2 is 1.93 bits per heavy atom. The lowest BCUT2D eigenvalue weighted by Gasteiger charge is -2.34. The number of furan rings is 1. The van der Waals surface area contributed by atoms with Gasteiger partial charge in [-0.1, -0.05) is 37.3 Å². The van der Waals surface area contributed by atoms with Crippen molar-refractivity contribution in [3.8, 4) is 5.75 Å². The summed E-state index contributed by atoms with van der Waals surface area (Å²) in [7, 11) is 0. The van der Waals surface area contributed by atoms with E-state index < -0.39 is 11.9 Å². The highest BCUT2D eigenvalue weighted by Crippen LogP contribution is 2.26. The van der Waals surface area contributed by atoms with Gasteiger partial charge < -0.3 is 19.2 Å². The molecule has 3 aromatic rings. The van der Waals surface area contributed by atoms with Crippen LogP contribution in [0.5, 0.6) is 5.75 Å². The van der Waals surface area contributed by atoms with Gasteiger partial charge in [-0.3, -0.25) is 9.59 Å². The molecule has 1 aromatic heterocycles. The summed E-state index contributed by atoms with van der Waals surface area (Å²) in [5.41, 5.74) is 0. The first-order valence-corrected chi connectivity index (χ1v) is 9.73. The largest absolute Gasteiger partial charge is 0.486 e. The summed E-state index contributed by atoms with van der Waals surface area (Å²) in [6.07, 6.45) is 0.459. The Balaban J connectivity index is 1.37. The molecule has 1 aliphatic rings. The third-order valence-electron chi connectivity index (χ3n) is 5.48. The van der Waals surface area contributed by atoms with Gasteiger partial charge in [0.15, 0.2) is 5.76 Å². The summed E-state index contributed by atoms with van der Waals surface area (Å²) < 4.78 is 11.5. The molecule has 2 heterocycles. The van der Waals surface area contributed by atoms with Crippen LogP contribution in [0.15, 0.2) is 59.0 Å². The number of ether oxygens (including phenoxy) is 1. The number of fused-ring (bicyclic) bond motifs is 1. The molecule has 0 bridgehead atoms. The number of piperidine rings is 1. The van der Waals surface area contributed by atoms with Crippen molar-refractivity contribution >= 4 is 22.6 Å². The second kappa shape index (κ2) is 7.99. The molecule has 6 heteroatoms. The number of benzene rings is 2. The number of carboxylic acids is 1. The van der Waals surface area contributed by atoms with Crippen molar-refractivity contribution in [1.82, 2.24) is 4.90 Å². The smallest absolute Gasteiger partial charge is 0.306 e. The van der Waals surface area contributed by atoms with Gasteiger partial charge in [-0.2, -0.15) is 0 Å². The van der Waals surface area contributed by atoms with Crippen LogP contribution < -0.4 is 4.74 Å². The van der Waals surface area contributed by atoms with E-state index in [1.165, 1.54) is 0 Å². The standard InChI is InChI=1S/C23H23NO5/c1-15-13-24(11-10-20(15)23(26)27)22(25)21-9-8-19(29-21)14-28-18-7-6-16-4-2-3-5-17(16)12-18/h2-9,12,15,20H,10-11,13-14H2,1H3,(H,26,27). The van der Waals surface area contributed by atoms with Gasteiger partial charge in [-0.25, -0.2) is 0 Å². The first-order valence-electron chi connectivity index (χ1n) is 9.73. The first kappa shape index (κ1) is 19.1. The molecule has 0 saturated carbocycles. The van der Waals surface area contributed by atoms with Crippen molar-refractivity contribution in [2.45, 2.75) is 20.0 Å². The van der Waals surface area contributed by atoms with Crippen LogP contribution >= 0.6 is 0 Å². The van der Waals surface area contributed by atoms with Gasteiger partial charge >= 0.3 is 5.97 Å². The van der Waals surface area contributed by atoms with Crippen LogP contribution in [0.25, 0.3) is 10.8 Å². The van der Waals surface area contributed by atoms with E-state index in [9.17, 15) is 14.7 Å². The average molecular weight is 393 g/mol. The highest BCUT2D eigenvalue weighted by atomic mass is 16.5. The molecule has 1 aliphatic heterocycles. The zero-order valence-electron chi connectivity index (χ0n) is 16.2. The van der Waals surface area contributed by atoms with Crippen LogP contribution in [0.2, 0.25) is 0 Å². The third-order valence-corrected chi connectivity index (χ3v) is 5.48. The predicted molar refractivity (Wildman–Crippen MR) is 108 cm³/mol. The maximum Gasteiger partial charge on any atom is 0.306 e. The quantitative estimate of drug-likeness (QED) is 0.703. The summed E-state index contributed by atoms with van der Waals surface area (Å²) in [5.74, 6) is 0.0569. The average Bonchev–Trinajstić information content (AvgIpc) is 3.20. The number of hydrogen-bond donors (Lipinski definition) is 1. The Morgan fingerprint density at radius 1 is 1.14 bits per heavy atom. The fourth-order valence-corrected chi connectivity index (χ4v) is 3.83. The van der Waals surface area contributed by atoms with E-state index >= 15 is 0 Å². The maximum atomic E-state index is 12.7. The molecule has 2 aromatic carbocycles. The zero-order valence-corrected chi connectivity index (χ0v) is 16.2. The van der Waals surface area contributed by atoms with Crippen molar-refractivity contribution in [3.05, 3.63) is 66.1 Å². The van der Waals surface area contributed by atoms with Crippen LogP contribution in [0.1, 0.15) is 29.7 Å². The number of amides is 1. The fourth-order valence-electron chi connectivity index (χ4n) is 3.83. The number of rotatable bonds is 5. The molecule has 0 spiro atoms. The van der Waals surface area contributed by atoms with Gasteiger partial charge in [-0.05, 0) is 47.4 Å². The van der Waals surface area contributed by atoms with E-state index in [2.05, 4.69) is 0 Å². The molecule has 2 unspecified atom stereocenters. The maximum absolute atomic E-state index is 12.7. The van der Waals surface area contributed by atoms with Gasteiger partial charge in [0.2, 0.25) is 0 Å². The second-order valence-electron chi connectivity index (χ2n) is 7.53.